The van der Waals surface area contributed by atoms with Gasteiger partial charge in [-0.3, -0.25) is 9.36 Å². The minimum Gasteiger partial charge on any atom is -0.497 e. The van der Waals surface area contributed by atoms with Crippen LogP contribution in [-0.4, -0.2) is 26.4 Å². The number of nitriles is 1. The summed E-state index contributed by atoms with van der Waals surface area (Å²) in [6.07, 6.45) is 0. The van der Waals surface area contributed by atoms with Crippen molar-refractivity contribution < 1.29 is 4.74 Å². The molecule has 0 unspecified atom stereocenters. The quantitative estimate of drug-likeness (QED) is 0.491. The predicted octanol–water partition coefficient (Wildman–Crippen LogP) is 3.52. The van der Waals surface area contributed by atoms with Gasteiger partial charge in [0.2, 0.25) is 0 Å². The standard InChI is InChI=1S/C20H14BrN5O2/c1-12-23-18-17(11-22)24-26(15-7-9-16(28-2)10-8-15)19(18)20(27)25(12)14-5-3-13(21)4-6-14/h3-10H,1-2H3. The zero-order chi connectivity index (χ0) is 19.8. The van der Waals surface area contributed by atoms with Crippen molar-refractivity contribution in [2.75, 3.05) is 7.11 Å². The van der Waals surface area contributed by atoms with Crippen LogP contribution in [0.5, 0.6) is 5.75 Å². The molecule has 2 aromatic heterocycles. The minimum atomic E-state index is -0.297. The van der Waals surface area contributed by atoms with Gasteiger partial charge in [0.05, 0.1) is 18.5 Å². The number of benzene rings is 2. The first kappa shape index (κ1) is 17.9. The van der Waals surface area contributed by atoms with E-state index in [-0.39, 0.29) is 22.3 Å². The highest BCUT2D eigenvalue weighted by molar-refractivity contribution is 9.10. The second kappa shape index (κ2) is 6.94. The number of rotatable bonds is 3. The van der Waals surface area contributed by atoms with Crippen LogP contribution < -0.4 is 10.3 Å². The zero-order valence-electron chi connectivity index (χ0n) is 15.0. The number of nitrogens with zero attached hydrogens (tertiary/aromatic N) is 5. The lowest BCUT2D eigenvalue weighted by atomic mass is 10.2. The number of ether oxygens (including phenoxy) is 1. The van der Waals surface area contributed by atoms with Crippen LogP contribution in [0.1, 0.15) is 11.5 Å². The Morgan fingerprint density at radius 3 is 2.32 bits per heavy atom. The Morgan fingerprint density at radius 2 is 1.71 bits per heavy atom. The molecular formula is C20H14BrN5O2. The van der Waals surface area contributed by atoms with Crippen molar-refractivity contribution in [3.63, 3.8) is 0 Å². The zero-order valence-corrected chi connectivity index (χ0v) is 16.6. The molecule has 0 atom stereocenters. The average molecular weight is 436 g/mol. The Kier molecular flexibility index (Phi) is 4.45. The molecule has 4 rings (SSSR count). The summed E-state index contributed by atoms with van der Waals surface area (Å²) < 4.78 is 9.06. The highest BCUT2D eigenvalue weighted by Crippen LogP contribution is 2.22. The summed E-state index contributed by atoms with van der Waals surface area (Å²) in [7, 11) is 1.58. The average Bonchev–Trinajstić information content (AvgIpc) is 3.08. The molecule has 2 heterocycles. The molecule has 0 N–H and O–H groups in total. The van der Waals surface area contributed by atoms with E-state index in [0.29, 0.717) is 22.9 Å². The third-order valence-corrected chi connectivity index (χ3v) is 4.90. The number of hydrogen-bond donors (Lipinski definition) is 0. The monoisotopic (exact) mass is 435 g/mol. The largest absolute Gasteiger partial charge is 0.497 e. The van der Waals surface area contributed by atoms with Crippen LogP contribution in [0.25, 0.3) is 22.4 Å². The molecule has 0 saturated carbocycles. The van der Waals surface area contributed by atoms with Gasteiger partial charge >= 0.3 is 0 Å². The lowest BCUT2D eigenvalue weighted by Crippen LogP contribution is -2.24. The molecule has 138 valence electrons. The summed E-state index contributed by atoms with van der Waals surface area (Å²) in [5.74, 6) is 1.16. The van der Waals surface area contributed by atoms with E-state index in [4.69, 9.17) is 4.74 Å². The Balaban J connectivity index is 2.04. The van der Waals surface area contributed by atoms with Crippen LogP contribution >= 0.6 is 15.9 Å². The second-order valence-corrected chi connectivity index (χ2v) is 6.96. The molecule has 4 aromatic rings. The van der Waals surface area contributed by atoms with E-state index in [1.54, 1.807) is 38.3 Å². The third-order valence-electron chi connectivity index (χ3n) is 4.37. The number of aryl methyl sites for hydroxylation is 1. The van der Waals surface area contributed by atoms with Gasteiger partial charge in [-0.25, -0.2) is 9.67 Å². The van der Waals surface area contributed by atoms with Crippen molar-refractivity contribution in [1.29, 1.82) is 5.26 Å². The van der Waals surface area contributed by atoms with Crippen LogP contribution in [0.2, 0.25) is 0 Å². The Morgan fingerprint density at radius 1 is 1.07 bits per heavy atom. The fourth-order valence-electron chi connectivity index (χ4n) is 3.05. The van der Waals surface area contributed by atoms with E-state index in [0.717, 1.165) is 4.47 Å². The van der Waals surface area contributed by atoms with Gasteiger partial charge in [0, 0.05) is 4.47 Å². The maximum Gasteiger partial charge on any atom is 0.284 e. The molecule has 0 amide bonds. The molecule has 8 heteroatoms. The van der Waals surface area contributed by atoms with Gasteiger partial charge in [-0.15, -0.1) is 0 Å². The number of aromatic nitrogens is 4. The van der Waals surface area contributed by atoms with Gasteiger partial charge in [-0.2, -0.15) is 10.4 Å². The van der Waals surface area contributed by atoms with Gasteiger partial charge in [-0.05, 0) is 55.5 Å². The van der Waals surface area contributed by atoms with Crippen molar-refractivity contribution in [1.82, 2.24) is 19.3 Å². The van der Waals surface area contributed by atoms with E-state index >= 15 is 0 Å². The van der Waals surface area contributed by atoms with Crippen LogP contribution in [0.3, 0.4) is 0 Å². The molecule has 0 aliphatic heterocycles. The maximum absolute atomic E-state index is 13.4. The fourth-order valence-corrected chi connectivity index (χ4v) is 3.32. The molecule has 0 fully saturated rings. The van der Waals surface area contributed by atoms with E-state index in [9.17, 15) is 10.1 Å². The van der Waals surface area contributed by atoms with Gasteiger partial charge in [0.25, 0.3) is 5.56 Å². The number of methoxy groups -OCH3 is 1. The second-order valence-electron chi connectivity index (χ2n) is 6.04. The van der Waals surface area contributed by atoms with Crippen LogP contribution in [0.4, 0.5) is 0 Å². The SMILES string of the molecule is COc1ccc(-n2nc(C#N)c3nc(C)n(-c4ccc(Br)cc4)c(=O)c32)cc1. The molecule has 0 aliphatic carbocycles. The smallest absolute Gasteiger partial charge is 0.284 e. The van der Waals surface area contributed by atoms with Crippen molar-refractivity contribution in [3.8, 4) is 23.2 Å². The normalized spacial score (nSPS) is 10.8. The lowest BCUT2D eigenvalue weighted by Gasteiger charge is -2.11. The van der Waals surface area contributed by atoms with Gasteiger partial charge in [-0.1, -0.05) is 15.9 Å². The highest BCUT2D eigenvalue weighted by Gasteiger charge is 2.20. The summed E-state index contributed by atoms with van der Waals surface area (Å²) in [5, 5.41) is 13.8. The van der Waals surface area contributed by atoms with Crippen LogP contribution in [0, 0.1) is 18.3 Å². The molecule has 0 radical (unpaired) electrons. The summed E-state index contributed by atoms with van der Waals surface area (Å²) in [5.41, 5.74) is 1.66. The van der Waals surface area contributed by atoms with Gasteiger partial charge in [0.1, 0.15) is 23.2 Å². The maximum atomic E-state index is 13.4. The van der Waals surface area contributed by atoms with Crippen LogP contribution in [0.15, 0.2) is 57.8 Å². The van der Waals surface area contributed by atoms with Crippen molar-refractivity contribution in [3.05, 3.63) is 74.9 Å². The minimum absolute atomic E-state index is 0.106. The lowest BCUT2D eigenvalue weighted by molar-refractivity contribution is 0.414. The van der Waals surface area contributed by atoms with E-state index in [2.05, 4.69) is 26.0 Å². The van der Waals surface area contributed by atoms with Crippen LogP contribution in [-0.2, 0) is 0 Å². The first-order chi connectivity index (χ1) is 13.5. The summed E-state index contributed by atoms with van der Waals surface area (Å²) in [6.45, 7) is 1.73. The number of halogens is 1. The Bertz CT molecular complexity index is 1280. The summed E-state index contributed by atoms with van der Waals surface area (Å²) in [6, 6.07) is 16.5. The third kappa shape index (κ3) is 2.86. The summed E-state index contributed by atoms with van der Waals surface area (Å²) in [4.78, 5) is 17.9. The molecule has 0 aliphatic rings. The fraction of sp³-hybridized carbons (Fsp3) is 0.100. The Hall–Kier alpha value is -3.44. The van der Waals surface area contributed by atoms with Gasteiger partial charge < -0.3 is 4.74 Å². The first-order valence-electron chi connectivity index (χ1n) is 8.36. The van der Waals surface area contributed by atoms with Crippen molar-refractivity contribution in [2.24, 2.45) is 0 Å². The Labute approximate surface area is 168 Å². The predicted molar refractivity (Wildman–Crippen MR) is 108 cm³/mol. The number of hydrogen-bond acceptors (Lipinski definition) is 5. The van der Waals surface area contributed by atoms with Crippen molar-refractivity contribution >= 4 is 27.0 Å². The molecule has 0 bridgehead atoms. The number of fused-ring (bicyclic) bond motifs is 1. The van der Waals surface area contributed by atoms with Gasteiger partial charge in [0.15, 0.2) is 11.2 Å². The molecule has 0 spiro atoms. The van der Waals surface area contributed by atoms with E-state index in [1.165, 1.54) is 9.25 Å². The summed E-state index contributed by atoms with van der Waals surface area (Å²) >= 11 is 3.40. The van der Waals surface area contributed by atoms with E-state index < -0.39 is 0 Å². The van der Waals surface area contributed by atoms with Crippen molar-refractivity contribution in [2.45, 2.75) is 6.92 Å². The first-order valence-corrected chi connectivity index (χ1v) is 9.15. The molecule has 7 nitrogen and oxygen atoms in total. The molecule has 28 heavy (non-hydrogen) atoms. The van der Waals surface area contributed by atoms with E-state index in [1.807, 2.05) is 30.3 Å². The topological polar surface area (TPSA) is 85.7 Å². The molecule has 0 saturated heterocycles. The highest BCUT2D eigenvalue weighted by atomic mass is 79.9. The molecule has 2 aromatic carbocycles. The molecular weight excluding hydrogens is 422 g/mol.